The number of hydrogen-bond donors (Lipinski definition) is 0. The molecule has 0 fully saturated rings. The summed E-state index contributed by atoms with van der Waals surface area (Å²) in [5, 5.41) is 1.98. The molecule has 0 spiro atoms. The van der Waals surface area contributed by atoms with E-state index in [1.165, 1.54) is 0 Å². The standard InChI is InChI=1S/C20H16O3/c1-14(2)20(21)23-19-11-9-15-12-18(10-8-16(15)13-19)22-17-6-4-3-5-7-17/h3-13H,1H2,2H3. The largest absolute Gasteiger partial charge is 0.457 e. The van der Waals surface area contributed by atoms with Crippen molar-refractivity contribution < 1.29 is 14.3 Å². The van der Waals surface area contributed by atoms with Crippen LogP contribution in [0, 0.1) is 0 Å². The topological polar surface area (TPSA) is 35.5 Å². The molecular formula is C20H16O3. The summed E-state index contributed by atoms with van der Waals surface area (Å²) in [4.78, 5) is 11.6. The second kappa shape index (κ2) is 6.36. The van der Waals surface area contributed by atoms with Gasteiger partial charge in [-0.1, -0.05) is 36.9 Å². The number of ether oxygens (including phenoxy) is 2. The van der Waals surface area contributed by atoms with Crippen LogP contribution in [0.4, 0.5) is 0 Å². The molecule has 3 aromatic carbocycles. The summed E-state index contributed by atoms with van der Waals surface area (Å²) in [6.07, 6.45) is 0. The Morgan fingerprint density at radius 1 is 0.826 bits per heavy atom. The normalized spacial score (nSPS) is 10.3. The Kier molecular flexibility index (Phi) is 4.11. The van der Waals surface area contributed by atoms with Gasteiger partial charge in [0.2, 0.25) is 0 Å². The summed E-state index contributed by atoms with van der Waals surface area (Å²) in [6.45, 7) is 5.20. The van der Waals surface area contributed by atoms with Crippen LogP contribution >= 0.6 is 0 Å². The predicted molar refractivity (Wildman–Crippen MR) is 90.9 cm³/mol. The van der Waals surface area contributed by atoms with E-state index in [9.17, 15) is 4.79 Å². The molecule has 0 amide bonds. The Labute approximate surface area is 134 Å². The summed E-state index contributed by atoms with van der Waals surface area (Å²) >= 11 is 0. The molecule has 114 valence electrons. The molecule has 0 unspecified atom stereocenters. The maximum Gasteiger partial charge on any atom is 0.338 e. The zero-order valence-corrected chi connectivity index (χ0v) is 12.8. The second-order valence-electron chi connectivity index (χ2n) is 5.26. The molecule has 0 atom stereocenters. The van der Waals surface area contributed by atoms with Crippen LogP contribution in [-0.4, -0.2) is 5.97 Å². The van der Waals surface area contributed by atoms with Crippen molar-refractivity contribution >= 4 is 16.7 Å². The molecule has 3 nitrogen and oxygen atoms in total. The van der Waals surface area contributed by atoms with E-state index in [-0.39, 0.29) is 0 Å². The summed E-state index contributed by atoms with van der Waals surface area (Å²) in [6, 6.07) is 20.9. The quantitative estimate of drug-likeness (QED) is 0.381. The van der Waals surface area contributed by atoms with Crippen LogP contribution in [0.3, 0.4) is 0 Å². The van der Waals surface area contributed by atoms with Gasteiger partial charge in [-0.25, -0.2) is 4.79 Å². The Morgan fingerprint density at radius 2 is 1.43 bits per heavy atom. The summed E-state index contributed by atoms with van der Waals surface area (Å²) in [5.74, 6) is 1.63. The van der Waals surface area contributed by atoms with Crippen LogP contribution in [0.25, 0.3) is 10.8 Å². The lowest BCUT2D eigenvalue weighted by Gasteiger charge is -2.08. The number of carbonyl (C=O) groups is 1. The summed E-state index contributed by atoms with van der Waals surface area (Å²) in [5.41, 5.74) is 0.372. The van der Waals surface area contributed by atoms with E-state index in [1.54, 1.807) is 13.0 Å². The van der Waals surface area contributed by atoms with Gasteiger partial charge in [0.25, 0.3) is 0 Å². The van der Waals surface area contributed by atoms with Crippen LogP contribution in [0.15, 0.2) is 78.9 Å². The Balaban J connectivity index is 1.84. The monoisotopic (exact) mass is 304 g/mol. The van der Waals surface area contributed by atoms with Gasteiger partial charge in [0.1, 0.15) is 17.2 Å². The molecule has 3 aromatic rings. The van der Waals surface area contributed by atoms with Gasteiger partial charge in [-0.15, -0.1) is 0 Å². The van der Waals surface area contributed by atoms with Crippen molar-refractivity contribution in [2.75, 3.05) is 0 Å². The molecule has 0 N–H and O–H groups in total. The minimum Gasteiger partial charge on any atom is -0.457 e. The third-order valence-electron chi connectivity index (χ3n) is 3.32. The zero-order chi connectivity index (χ0) is 16.2. The van der Waals surface area contributed by atoms with Crippen LogP contribution in [0.2, 0.25) is 0 Å². The van der Waals surface area contributed by atoms with Gasteiger partial charge in [0, 0.05) is 5.57 Å². The van der Waals surface area contributed by atoms with Gasteiger partial charge in [-0.2, -0.15) is 0 Å². The highest BCUT2D eigenvalue weighted by molar-refractivity contribution is 5.90. The Morgan fingerprint density at radius 3 is 2.09 bits per heavy atom. The summed E-state index contributed by atoms with van der Waals surface area (Å²) in [7, 11) is 0. The molecule has 0 aliphatic rings. The van der Waals surface area contributed by atoms with E-state index in [0.717, 1.165) is 22.3 Å². The highest BCUT2D eigenvalue weighted by Crippen LogP contribution is 2.28. The van der Waals surface area contributed by atoms with Gasteiger partial charge >= 0.3 is 5.97 Å². The first-order valence-corrected chi connectivity index (χ1v) is 7.26. The van der Waals surface area contributed by atoms with Crippen LogP contribution in [0.5, 0.6) is 17.2 Å². The number of hydrogen-bond acceptors (Lipinski definition) is 3. The third kappa shape index (κ3) is 3.58. The molecule has 0 saturated carbocycles. The van der Waals surface area contributed by atoms with Gasteiger partial charge in [-0.3, -0.25) is 0 Å². The number of benzene rings is 3. The van der Waals surface area contributed by atoms with E-state index in [0.29, 0.717) is 11.3 Å². The second-order valence-corrected chi connectivity index (χ2v) is 5.26. The van der Waals surface area contributed by atoms with E-state index in [2.05, 4.69) is 6.58 Å². The maximum absolute atomic E-state index is 11.6. The fourth-order valence-electron chi connectivity index (χ4n) is 2.15. The Hall–Kier alpha value is -3.07. The third-order valence-corrected chi connectivity index (χ3v) is 3.32. The van der Waals surface area contributed by atoms with Crippen molar-refractivity contribution in [3.63, 3.8) is 0 Å². The van der Waals surface area contributed by atoms with Crippen molar-refractivity contribution in [1.29, 1.82) is 0 Å². The maximum atomic E-state index is 11.6. The first-order chi connectivity index (χ1) is 11.1. The van der Waals surface area contributed by atoms with Crippen molar-refractivity contribution in [3.05, 3.63) is 78.9 Å². The van der Waals surface area contributed by atoms with E-state index in [1.807, 2.05) is 60.7 Å². The molecular weight excluding hydrogens is 288 g/mol. The lowest BCUT2D eigenvalue weighted by atomic mass is 10.1. The van der Waals surface area contributed by atoms with Gasteiger partial charge in [0.15, 0.2) is 0 Å². The average Bonchev–Trinajstić information content (AvgIpc) is 2.56. The van der Waals surface area contributed by atoms with Crippen molar-refractivity contribution in [3.8, 4) is 17.2 Å². The molecule has 3 heteroatoms. The fourth-order valence-corrected chi connectivity index (χ4v) is 2.15. The fraction of sp³-hybridized carbons (Fsp3) is 0.0500. The van der Waals surface area contributed by atoms with E-state index < -0.39 is 5.97 Å². The average molecular weight is 304 g/mol. The molecule has 3 rings (SSSR count). The lowest BCUT2D eigenvalue weighted by Crippen LogP contribution is -2.07. The van der Waals surface area contributed by atoms with E-state index >= 15 is 0 Å². The van der Waals surface area contributed by atoms with Gasteiger partial charge in [0.05, 0.1) is 0 Å². The minimum atomic E-state index is -0.423. The van der Waals surface area contributed by atoms with Gasteiger partial charge < -0.3 is 9.47 Å². The smallest absolute Gasteiger partial charge is 0.338 e. The number of esters is 1. The van der Waals surface area contributed by atoms with Crippen LogP contribution in [-0.2, 0) is 4.79 Å². The number of para-hydroxylation sites is 1. The molecule has 0 aliphatic heterocycles. The molecule has 0 radical (unpaired) electrons. The molecule has 23 heavy (non-hydrogen) atoms. The zero-order valence-electron chi connectivity index (χ0n) is 12.8. The number of fused-ring (bicyclic) bond motifs is 1. The van der Waals surface area contributed by atoms with Crippen LogP contribution in [0.1, 0.15) is 6.92 Å². The van der Waals surface area contributed by atoms with Crippen LogP contribution < -0.4 is 9.47 Å². The van der Waals surface area contributed by atoms with Crippen molar-refractivity contribution in [2.45, 2.75) is 6.92 Å². The molecule has 0 aliphatic carbocycles. The number of carbonyl (C=O) groups excluding carboxylic acids is 1. The molecule has 0 saturated heterocycles. The highest BCUT2D eigenvalue weighted by atomic mass is 16.5. The highest BCUT2D eigenvalue weighted by Gasteiger charge is 2.06. The Bertz CT molecular complexity index is 866. The molecule has 0 heterocycles. The summed E-state index contributed by atoms with van der Waals surface area (Å²) < 4.78 is 11.1. The predicted octanol–water partition coefficient (Wildman–Crippen LogP) is 5.11. The first-order valence-electron chi connectivity index (χ1n) is 7.26. The van der Waals surface area contributed by atoms with E-state index in [4.69, 9.17) is 9.47 Å². The van der Waals surface area contributed by atoms with Crippen molar-refractivity contribution in [2.24, 2.45) is 0 Å². The minimum absolute atomic E-state index is 0.372. The SMILES string of the molecule is C=C(C)C(=O)Oc1ccc2cc(Oc3ccccc3)ccc2c1. The molecule has 0 bridgehead atoms. The molecule has 0 aromatic heterocycles. The first kappa shape index (κ1) is 14.9. The number of rotatable bonds is 4. The van der Waals surface area contributed by atoms with Gasteiger partial charge in [-0.05, 0) is 54.1 Å². The lowest BCUT2D eigenvalue weighted by molar-refractivity contribution is -0.130. The van der Waals surface area contributed by atoms with Crippen molar-refractivity contribution in [1.82, 2.24) is 0 Å².